The van der Waals surface area contributed by atoms with Gasteiger partial charge in [0.1, 0.15) is 0 Å². The summed E-state index contributed by atoms with van der Waals surface area (Å²) < 4.78 is 0. The Morgan fingerprint density at radius 3 is 2.33 bits per heavy atom. The van der Waals surface area contributed by atoms with Crippen molar-refractivity contribution in [3.8, 4) is 0 Å². The van der Waals surface area contributed by atoms with E-state index < -0.39 is 0 Å². The zero-order valence-electron chi connectivity index (χ0n) is 10.5. The minimum absolute atomic E-state index is 0. The highest BCUT2D eigenvalue weighted by Gasteiger charge is 2.23. The third-order valence-corrected chi connectivity index (χ3v) is 4.07. The second-order valence-corrected chi connectivity index (χ2v) is 5.18. The molecular formula is C16H20ClN. The molecule has 0 unspecified atom stereocenters. The molecule has 1 aliphatic carbocycles. The predicted molar refractivity (Wildman–Crippen MR) is 80.1 cm³/mol. The summed E-state index contributed by atoms with van der Waals surface area (Å²) in [5.41, 5.74) is 7.69. The molecule has 0 spiro atoms. The van der Waals surface area contributed by atoms with Gasteiger partial charge in [-0.1, -0.05) is 49.2 Å². The molecule has 2 heteroatoms. The van der Waals surface area contributed by atoms with Crippen LogP contribution in [0.4, 0.5) is 0 Å². The molecule has 2 N–H and O–H groups in total. The highest BCUT2D eigenvalue weighted by atomic mass is 35.5. The Hall–Kier alpha value is -1.05. The molecule has 1 aliphatic rings. The van der Waals surface area contributed by atoms with Gasteiger partial charge in [-0.2, -0.15) is 0 Å². The van der Waals surface area contributed by atoms with Gasteiger partial charge in [0.15, 0.2) is 0 Å². The minimum atomic E-state index is 0. The van der Waals surface area contributed by atoms with Crippen LogP contribution in [0.1, 0.15) is 37.3 Å². The van der Waals surface area contributed by atoms with Crippen molar-refractivity contribution in [2.75, 3.05) is 0 Å². The fourth-order valence-electron chi connectivity index (χ4n) is 3.00. The molecule has 1 atom stereocenters. The number of benzene rings is 2. The van der Waals surface area contributed by atoms with Gasteiger partial charge in [0.2, 0.25) is 0 Å². The van der Waals surface area contributed by atoms with Crippen LogP contribution in [0.3, 0.4) is 0 Å². The van der Waals surface area contributed by atoms with Crippen LogP contribution < -0.4 is 5.73 Å². The summed E-state index contributed by atoms with van der Waals surface area (Å²) in [6.07, 6.45) is 5.31. The van der Waals surface area contributed by atoms with Gasteiger partial charge in [0, 0.05) is 6.04 Å². The van der Waals surface area contributed by atoms with Gasteiger partial charge in [-0.15, -0.1) is 12.4 Å². The zero-order valence-corrected chi connectivity index (χ0v) is 11.3. The summed E-state index contributed by atoms with van der Waals surface area (Å²) in [4.78, 5) is 0. The van der Waals surface area contributed by atoms with Gasteiger partial charge in [-0.3, -0.25) is 0 Å². The molecule has 18 heavy (non-hydrogen) atoms. The third kappa shape index (κ3) is 2.52. The standard InChI is InChI=1S/C16H19N.ClH/c17-16(13-6-2-3-7-13)15-10-9-12-5-1-4-8-14(12)11-15;/h1,4-5,8-11,13,16H,2-3,6-7,17H2;1H/t16-;/m0./s1. The molecule has 1 saturated carbocycles. The molecule has 0 saturated heterocycles. The molecule has 0 radical (unpaired) electrons. The normalized spacial score (nSPS) is 17.6. The molecule has 1 fully saturated rings. The third-order valence-electron chi connectivity index (χ3n) is 4.07. The van der Waals surface area contributed by atoms with E-state index in [9.17, 15) is 0 Å². The van der Waals surface area contributed by atoms with Crippen LogP contribution >= 0.6 is 12.4 Å². The Bertz CT molecular complexity index is 517. The smallest absolute Gasteiger partial charge is 0.0323 e. The van der Waals surface area contributed by atoms with Gasteiger partial charge in [0.25, 0.3) is 0 Å². The maximum absolute atomic E-state index is 6.39. The molecule has 0 heterocycles. The van der Waals surface area contributed by atoms with Gasteiger partial charge in [-0.25, -0.2) is 0 Å². The van der Waals surface area contributed by atoms with Crippen molar-refractivity contribution < 1.29 is 0 Å². The Morgan fingerprint density at radius 2 is 1.61 bits per heavy atom. The Balaban J connectivity index is 0.00000120. The number of hydrogen-bond acceptors (Lipinski definition) is 1. The first-order valence-corrected chi connectivity index (χ1v) is 6.59. The largest absolute Gasteiger partial charge is 0.324 e. The van der Waals surface area contributed by atoms with E-state index in [1.54, 1.807) is 0 Å². The Morgan fingerprint density at radius 1 is 0.944 bits per heavy atom. The number of rotatable bonds is 2. The molecule has 0 aromatic heterocycles. The first-order valence-electron chi connectivity index (χ1n) is 6.59. The number of hydrogen-bond donors (Lipinski definition) is 1. The van der Waals surface area contributed by atoms with E-state index in [2.05, 4.69) is 42.5 Å². The van der Waals surface area contributed by atoms with Crippen molar-refractivity contribution in [1.82, 2.24) is 0 Å². The van der Waals surface area contributed by atoms with Crippen molar-refractivity contribution in [1.29, 1.82) is 0 Å². The molecular weight excluding hydrogens is 242 g/mol. The quantitative estimate of drug-likeness (QED) is 0.849. The van der Waals surface area contributed by atoms with E-state index in [1.165, 1.54) is 42.0 Å². The average molecular weight is 262 g/mol. The Kier molecular flexibility index (Phi) is 4.26. The fourth-order valence-corrected chi connectivity index (χ4v) is 3.00. The van der Waals surface area contributed by atoms with Crippen LogP contribution in [0.15, 0.2) is 42.5 Å². The molecule has 0 aliphatic heterocycles. The van der Waals surface area contributed by atoms with Gasteiger partial charge < -0.3 is 5.73 Å². The fraction of sp³-hybridized carbons (Fsp3) is 0.375. The average Bonchev–Trinajstić information content (AvgIpc) is 2.91. The zero-order chi connectivity index (χ0) is 11.7. The summed E-state index contributed by atoms with van der Waals surface area (Å²) in [6, 6.07) is 15.4. The molecule has 0 amide bonds. The van der Waals surface area contributed by atoms with E-state index in [0.717, 1.165) is 0 Å². The van der Waals surface area contributed by atoms with E-state index in [-0.39, 0.29) is 18.4 Å². The summed E-state index contributed by atoms with van der Waals surface area (Å²) in [7, 11) is 0. The van der Waals surface area contributed by atoms with Crippen molar-refractivity contribution >= 4 is 23.2 Å². The van der Waals surface area contributed by atoms with E-state index in [0.29, 0.717) is 5.92 Å². The molecule has 0 bridgehead atoms. The number of fused-ring (bicyclic) bond motifs is 1. The SMILES string of the molecule is Cl.N[C@H](c1ccc2ccccc2c1)C1CCCC1. The maximum atomic E-state index is 6.39. The molecule has 1 nitrogen and oxygen atoms in total. The van der Waals surface area contributed by atoms with Crippen LogP contribution in [0.2, 0.25) is 0 Å². The lowest BCUT2D eigenvalue weighted by Crippen LogP contribution is -2.18. The van der Waals surface area contributed by atoms with Gasteiger partial charge >= 0.3 is 0 Å². The second-order valence-electron chi connectivity index (χ2n) is 5.18. The van der Waals surface area contributed by atoms with E-state index >= 15 is 0 Å². The number of nitrogens with two attached hydrogens (primary N) is 1. The lowest BCUT2D eigenvalue weighted by molar-refractivity contribution is 0.445. The molecule has 2 aromatic rings. The summed E-state index contributed by atoms with van der Waals surface area (Å²) in [5, 5.41) is 2.60. The predicted octanol–water partition coefficient (Wildman–Crippen LogP) is 4.45. The number of halogens is 1. The van der Waals surface area contributed by atoms with Crippen LogP contribution in [0.25, 0.3) is 10.8 Å². The lowest BCUT2D eigenvalue weighted by atomic mass is 9.91. The molecule has 3 rings (SSSR count). The monoisotopic (exact) mass is 261 g/mol. The molecule has 96 valence electrons. The van der Waals surface area contributed by atoms with Crippen LogP contribution in [-0.4, -0.2) is 0 Å². The van der Waals surface area contributed by atoms with E-state index in [4.69, 9.17) is 5.73 Å². The van der Waals surface area contributed by atoms with Crippen molar-refractivity contribution in [2.45, 2.75) is 31.7 Å². The maximum Gasteiger partial charge on any atom is 0.0323 e. The highest BCUT2D eigenvalue weighted by molar-refractivity contribution is 5.85. The first-order chi connectivity index (χ1) is 8.34. The van der Waals surface area contributed by atoms with Crippen LogP contribution in [0.5, 0.6) is 0 Å². The topological polar surface area (TPSA) is 26.0 Å². The van der Waals surface area contributed by atoms with Gasteiger partial charge in [-0.05, 0) is 41.2 Å². The highest BCUT2D eigenvalue weighted by Crippen LogP contribution is 2.34. The van der Waals surface area contributed by atoms with Crippen LogP contribution in [-0.2, 0) is 0 Å². The minimum Gasteiger partial charge on any atom is -0.324 e. The summed E-state index contributed by atoms with van der Waals surface area (Å²) in [5.74, 6) is 0.691. The lowest BCUT2D eigenvalue weighted by Gasteiger charge is -2.19. The van der Waals surface area contributed by atoms with E-state index in [1.807, 2.05) is 0 Å². The summed E-state index contributed by atoms with van der Waals surface area (Å²) in [6.45, 7) is 0. The van der Waals surface area contributed by atoms with Crippen molar-refractivity contribution in [2.24, 2.45) is 11.7 Å². The van der Waals surface area contributed by atoms with Crippen molar-refractivity contribution in [3.63, 3.8) is 0 Å². The van der Waals surface area contributed by atoms with Gasteiger partial charge in [0.05, 0.1) is 0 Å². The Labute approximate surface area is 115 Å². The van der Waals surface area contributed by atoms with Crippen LogP contribution in [0, 0.1) is 5.92 Å². The second kappa shape index (κ2) is 5.73. The molecule has 2 aromatic carbocycles. The first kappa shape index (κ1) is 13.4. The van der Waals surface area contributed by atoms with Crippen molar-refractivity contribution in [3.05, 3.63) is 48.0 Å². The summed E-state index contributed by atoms with van der Waals surface area (Å²) >= 11 is 0.